The molecule has 1 rings (SSSR count). The van der Waals surface area contributed by atoms with Gasteiger partial charge in [0.1, 0.15) is 5.92 Å². The summed E-state index contributed by atoms with van der Waals surface area (Å²) >= 11 is 0. The molecule has 4 nitrogen and oxygen atoms in total. The summed E-state index contributed by atoms with van der Waals surface area (Å²) in [5.41, 5.74) is 0.627. The minimum atomic E-state index is -0.660. The second kappa shape index (κ2) is 7.37. The molecule has 5 heteroatoms. The van der Waals surface area contributed by atoms with E-state index >= 15 is 0 Å². The van der Waals surface area contributed by atoms with Crippen LogP contribution in [0.5, 0.6) is 5.75 Å². The van der Waals surface area contributed by atoms with E-state index < -0.39 is 11.7 Å². The minimum Gasteiger partial charge on any atom is -0.491 e. The molecule has 0 aliphatic heterocycles. The van der Waals surface area contributed by atoms with Crippen molar-refractivity contribution in [1.29, 1.82) is 5.26 Å². The quantitative estimate of drug-likeness (QED) is 0.858. The molecule has 0 bridgehead atoms. The van der Waals surface area contributed by atoms with Gasteiger partial charge in [-0.1, -0.05) is 13.0 Å². The second-order valence-electron chi connectivity index (χ2n) is 4.01. The van der Waals surface area contributed by atoms with E-state index in [1.807, 2.05) is 6.07 Å². The smallest absolute Gasteiger partial charge is 0.237 e. The minimum absolute atomic E-state index is 0.195. The van der Waals surface area contributed by atoms with Gasteiger partial charge in [0.25, 0.3) is 0 Å². The van der Waals surface area contributed by atoms with E-state index in [1.165, 1.54) is 12.1 Å². The Morgan fingerprint density at radius 1 is 1.53 bits per heavy atom. The van der Waals surface area contributed by atoms with Gasteiger partial charge >= 0.3 is 0 Å². The van der Waals surface area contributed by atoms with Crippen LogP contribution < -0.4 is 10.1 Å². The normalized spacial score (nSPS) is 11.5. The third-order valence-electron chi connectivity index (χ3n) is 2.64. The predicted molar refractivity (Wildman–Crippen MR) is 68.8 cm³/mol. The largest absolute Gasteiger partial charge is 0.491 e. The fourth-order valence-electron chi connectivity index (χ4n) is 1.57. The zero-order valence-electron chi connectivity index (χ0n) is 11.1. The van der Waals surface area contributed by atoms with Crippen molar-refractivity contribution in [2.45, 2.75) is 26.8 Å². The number of carbonyl (C=O) groups excluding carboxylic acids is 1. The van der Waals surface area contributed by atoms with Crippen molar-refractivity contribution in [2.24, 2.45) is 5.92 Å². The first-order valence-electron chi connectivity index (χ1n) is 6.20. The summed E-state index contributed by atoms with van der Waals surface area (Å²) in [6, 6.07) is 6.45. The van der Waals surface area contributed by atoms with Crippen LogP contribution in [0.25, 0.3) is 0 Å². The molecule has 0 radical (unpaired) electrons. The number of halogens is 1. The molecular weight excluding hydrogens is 247 g/mol. The van der Waals surface area contributed by atoms with Gasteiger partial charge in [0.05, 0.1) is 12.7 Å². The van der Waals surface area contributed by atoms with E-state index in [0.29, 0.717) is 18.6 Å². The molecule has 1 aromatic carbocycles. The van der Waals surface area contributed by atoms with Gasteiger partial charge < -0.3 is 10.1 Å². The Bertz CT molecular complexity index is 483. The summed E-state index contributed by atoms with van der Waals surface area (Å²) in [5, 5.41) is 11.4. The molecule has 1 aromatic rings. The molecule has 0 aromatic heterocycles. The van der Waals surface area contributed by atoms with Crippen molar-refractivity contribution in [1.82, 2.24) is 5.32 Å². The average molecular weight is 264 g/mol. The fraction of sp³-hybridized carbons (Fsp3) is 0.429. The number of ether oxygens (including phenoxy) is 1. The maximum absolute atomic E-state index is 13.6. The Morgan fingerprint density at radius 3 is 2.79 bits per heavy atom. The second-order valence-corrected chi connectivity index (χ2v) is 4.01. The molecule has 0 fully saturated rings. The molecule has 0 heterocycles. The van der Waals surface area contributed by atoms with Gasteiger partial charge in [0, 0.05) is 6.54 Å². The van der Waals surface area contributed by atoms with Crippen LogP contribution in [0.4, 0.5) is 4.39 Å². The lowest BCUT2D eigenvalue weighted by atomic mass is 10.1. The van der Waals surface area contributed by atoms with Gasteiger partial charge in [-0.2, -0.15) is 5.26 Å². The molecule has 0 aliphatic carbocycles. The number of nitriles is 1. The highest BCUT2D eigenvalue weighted by molar-refractivity contribution is 5.80. The number of hydrogen-bond acceptors (Lipinski definition) is 3. The Morgan fingerprint density at radius 2 is 2.26 bits per heavy atom. The summed E-state index contributed by atoms with van der Waals surface area (Å²) in [6.07, 6.45) is 0.458. The number of hydrogen-bond donors (Lipinski definition) is 1. The highest BCUT2D eigenvalue weighted by atomic mass is 19.1. The van der Waals surface area contributed by atoms with Crippen LogP contribution in [-0.4, -0.2) is 12.5 Å². The van der Waals surface area contributed by atoms with E-state index in [1.54, 1.807) is 19.9 Å². The number of amides is 1. The zero-order valence-corrected chi connectivity index (χ0v) is 11.1. The van der Waals surface area contributed by atoms with Crippen LogP contribution in [0.15, 0.2) is 18.2 Å². The molecule has 1 N–H and O–H groups in total. The van der Waals surface area contributed by atoms with Gasteiger partial charge in [-0.05, 0) is 31.0 Å². The van der Waals surface area contributed by atoms with Crippen molar-refractivity contribution in [3.63, 3.8) is 0 Å². The standard InChI is InChI=1S/C14H17FN2O2/c1-3-11(8-16)14(18)17-9-10-5-6-13(19-4-2)12(15)7-10/h5-7,11H,3-4,9H2,1-2H3,(H,17,18). The maximum atomic E-state index is 13.6. The Kier molecular flexibility index (Phi) is 5.80. The molecule has 1 amide bonds. The maximum Gasteiger partial charge on any atom is 0.237 e. The van der Waals surface area contributed by atoms with Crippen LogP contribution in [0.1, 0.15) is 25.8 Å². The number of carbonyl (C=O) groups is 1. The summed E-state index contributed by atoms with van der Waals surface area (Å²) in [5.74, 6) is -1.26. The lowest BCUT2D eigenvalue weighted by Crippen LogP contribution is -2.29. The van der Waals surface area contributed by atoms with Gasteiger partial charge in [-0.15, -0.1) is 0 Å². The van der Waals surface area contributed by atoms with Gasteiger partial charge in [-0.3, -0.25) is 4.79 Å². The molecule has 19 heavy (non-hydrogen) atoms. The van der Waals surface area contributed by atoms with Gasteiger partial charge in [-0.25, -0.2) is 4.39 Å². The molecular formula is C14H17FN2O2. The van der Waals surface area contributed by atoms with Crippen molar-refractivity contribution in [2.75, 3.05) is 6.61 Å². The van der Waals surface area contributed by atoms with Crippen LogP contribution in [0.3, 0.4) is 0 Å². The van der Waals surface area contributed by atoms with Crippen LogP contribution >= 0.6 is 0 Å². The topological polar surface area (TPSA) is 62.1 Å². The first-order valence-corrected chi connectivity index (χ1v) is 6.20. The predicted octanol–water partition coefficient (Wildman–Crippen LogP) is 2.39. The lowest BCUT2D eigenvalue weighted by molar-refractivity contribution is -0.123. The summed E-state index contributed by atoms with van der Waals surface area (Å²) in [7, 11) is 0. The van der Waals surface area contributed by atoms with E-state index in [9.17, 15) is 9.18 Å². The van der Waals surface area contributed by atoms with E-state index in [4.69, 9.17) is 10.00 Å². The number of nitrogens with one attached hydrogen (secondary N) is 1. The summed E-state index contributed by atoms with van der Waals surface area (Å²) in [4.78, 5) is 11.6. The van der Waals surface area contributed by atoms with E-state index in [-0.39, 0.29) is 18.2 Å². The van der Waals surface area contributed by atoms with Crippen molar-refractivity contribution >= 4 is 5.91 Å². The molecule has 0 aliphatic rings. The third kappa shape index (κ3) is 4.25. The van der Waals surface area contributed by atoms with Crippen molar-refractivity contribution in [3.8, 4) is 11.8 Å². The molecule has 0 saturated heterocycles. The van der Waals surface area contributed by atoms with Crippen molar-refractivity contribution in [3.05, 3.63) is 29.6 Å². The first-order chi connectivity index (χ1) is 9.12. The SMILES string of the molecule is CCOc1ccc(CNC(=O)C(C#N)CC)cc1F. The Balaban J connectivity index is 2.62. The Hall–Kier alpha value is -2.09. The highest BCUT2D eigenvalue weighted by Crippen LogP contribution is 2.18. The van der Waals surface area contributed by atoms with Gasteiger partial charge in [0.2, 0.25) is 5.91 Å². The fourth-order valence-corrected chi connectivity index (χ4v) is 1.57. The Labute approximate surface area is 112 Å². The van der Waals surface area contributed by atoms with Crippen molar-refractivity contribution < 1.29 is 13.9 Å². The highest BCUT2D eigenvalue weighted by Gasteiger charge is 2.14. The van der Waals surface area contributed by atoms with Crippen LogP contribution in [0.2, 0.25) is 0 Å². The number of nitrogens with zero attached hydrogens (tertiary/aromatic N) is 1. The molecule has 0 spiro atoms. The van der Waals surface area contributed by atoms with Crippen LogP contribution in [0, 0.1) is 23.1 Å². The summed E-state index contributed by atoms with van der Waals surface area (Å²) < 4.78 is 18.6. The molecule has 1 atom stereocenters. The average Bonchev–Trinajstić information content (AvgIpc) is 2.41. The first kappa shape index (κ1) is 15.0. The van der Waals surface area contributed by atoms with E-state index in [2.05, 4.69) is 5.32 Å². The molecule has 1 unspecified atom stereocenters. The lowest BCUT2D eigenvalue weighted by Gasteiger charge is -2.10. The number of benzene rings is 1. The molecule has 102 valence electrons. The number of rotatable bonds is 6. The third-order valence-corrected chi connectivity index (χ3v) is 2.64. The van der Waals surface area contributed by atoms with E-state index in [0.717, 1.165) is 0 Å². The zero-order chi connectivity index (χ0) is 14.3. The molecule has 0 saturated carbocycles. The summed E-state index contributed by atoms with van der Waals surface area (Å²) in [6.45, 7) is 4.14. The van der Waals surface area contributed by atoms with Crippen LogP contribution in [-0.2, 0) is 11.3 Å². The van der Waals surface area contributed by atoms with Gasteiger partial charge in [0.15, 0.2) is 11.6 Å². The monoisotopic (exact) mass is 264 g/mol.